The molecule has 0 saturated heterocycles. The Balaban J connectivity index is 0. The quantitative estimate of drug-likeness (QED) is 0.487. The van der Waals surface area contributed by atoms with Crippen molar-refractivity contribution >= 4 is 0 Å². The molecule has 10 heavy (non-hydrogen) atoms. The Bertz CT molecular complexity index is 78.9. The van der Waals surface area contributed by atoms with E-state index in [2.05, 4.69) is 6.65 Å². The third-order valence-corrected chi connectivity index (χ3v) is 1.61. The Labute approximate surface area is 76.5 Å². The number of hydrogen-bond acceptors (Lipinski definition) is 0. The fourth-order valence-electron chi connectivity index (χ4n) is 1.10. The molecule has 0 atom stereocenters. The van der Waals surface area contributed by atoms with Crippen molar-refractivity contribution in [2.45, 2.75) is 38.1 Å². The van der Waals surface area contributed by atoms with Gasteiger partial charge in [-0.1, -0.05) is 32.1 Å². The molecule has 2 nitrogen and oxygen atoms in total. The van der Waals surface area contributed by atoms with Crippen LogP contribution in [0.25, 0.3) is 5.73 Å². The van der Waals surface area contributed by atoms with Crippen molar-refractivity contribution < 1.29 is 25.7 Å². The minimum absolute atomic E-state index is 0. The van der Waals surface area contributed by atoms with Gasteiger partial charge in [-0.15, -0.1) is 6.04 Å². The SMILES string of the molecule is [C-]#[O+].[NH-]C1CCCCC1.[W]. The predicted molar refractivity (Wildman–Crippen MR) is 35.1 cm³/mol. The molecule has 1 aliphatic carbocycles. The van der Waals surface area contributed by atoms with Gasteiger partial charge in [0, 0.05) is 21.1 Å². The topological polar surface area (TPSA) is 43.7 Å². The normalized spacial score (nSPS) is 17.9. The van der Waals surface area contributed by atoms with E-state index < -0.39 is 0 Å². The van der Waals surface area contributed by atoms with Gasteiger partial charge in [0.15, 0.2) is 0 Å². The van der Waals surface area contributed by atoms with Crippen LogP contribution in [0.3, 0.4) is 0 Å². The van der Waals surface area contributed by atoms with Crippen molar-refractivity contribution in [2.75, 3.05) is 0 Å². The fraction of sp³-hybridized carbons (Fsp3) is 0.857. The number of nitrogens with one attached hydrogen (secondary N) is 1. The van der Waals surface area contributed by atoms with Crippen LogP contribution in [0.2, 0.25) is 0 Å². The minimum Gasteiger partial charge on any atom is -0.675 e. The summed E-state index contributed by atoms with van der Waals surface area (Å²) < 4.78 is 7.50. The molecule has 1 N–H and O–H groups in total. The molecule has 0 aliphatic heterocycles. The summed E-state index contributed by atoms with van der Waals surface area (Å²) in [4.78, 5) is 0. The molecule has 0 spiro atoms. The van der Waals surface area contributed by atoms with Crippen molar-refractivity contribution in [1.29, 1.82) is 0 Å². The molecular weight excluding hydrogens is 298 g/mol. The van der Waals surface area contributed by atoms with E-state index in [4.69, 9.17) is 10.4 Å². The predicted octanol–water partition coefficient (Wildman–Crippen LogP) is 2.33. The van der Waals surface area contributed by atoms with E-state index in [0.717, 1.165) is 12.8 Å². The molecule has 0 radical (unpaired) electrons. The first-order chi connectivity index (χ1) is 4.39. The van der Waals surface area contributed by atoms with E-state index in [0.29, 0.717) is 0 Å². The van der Waals surface area contributed by atoms with Gasteiger partial charge in [-0.05, 0) is 0 Å². The molecule has 0 aromatic rings. The monoisotopic (exact) mass is 310 g/mol. The first kappa shape index (κ1) is 13.0. The van der Waals surface area contributed by atoms with Crippen LogP contribution >= 0.6 is 0 Å². The van der Waals surface area contributed by atoms with Crippen LogP contribution in [0.5, 0.6) is 0 Å². The molecule has 1 aliphatic rings. The largest absolute Gasteiger partial charge is 0.675 e. The van der Waals surface area contributed by atoms with Gasteiger partial charge in [0.25, 0.3) is 0 Å². The molecule has 1 fully saturated rings. The third kappa shape index (κ3) is 6.51. The van der Waals surface area contributed by atoms with Gasteiger partial charge in [-0.25, -0.2) is 0 Å². The van der Waals surface area contributed by atoms with E-state index in [9.17, 15) is 0 Å². The van der Waals surface area contributed by atoms with Crippen LogP contribution < -0.4 is 0 Å². The van der Waals surface area contributed by atoms with E-state index in [-0.39, 0.29) is 27.1 Å². The van der Waals surface area contributed by atoms with Crippen molar-refractivity contribution in [3.8, 4) is 0 Å². The smallest absolute Gasteiger partial charge is 0 e. The zero-order valence-electron chi connectivity index (χ0n) is 5.93. The van der Waals surface area contributed by atoms with Crippen LogP contribution in [-0.4, -0.2) is 6.04 Å². The van der Waals surface area contributed by atoms with Crippen LogP contribution in [0.15, 0.2) is 0 Å². The van der Waals surface area contributed by atoms with E-state index in [1.54, 1.807) is 0 Å². The summed E-state index contributed by atoms with van der Waals surface area (Å²) in [6.45, 7) is 4.50. The van der Waals surface area contributed by atoms with Gasteiger partial charge in [0.2, 0.25) is 0 Å². The van der Waals surface area contributed by atoms with Crippen molar-refractivity contribution in [1.82, 2.24) is 0 Å². The van der Waals surface area contributed by atoms with Crippen LogP contribution in [0.1, 0.15) is 32.1 Å². The summed E-state index contributed by atoms with van der Waals surface area (Å²) in [7, 11) is 0. The van der Waals surface area contributed by atoms with E-state index in [1.807, 2.05) is 0 Å². The fourth-order valence-corrected chi connectivity index (χ4v) is 1.10. The third-order valence-electron chi connectivity index (χ3n) is 1.61. The molecule has 1 saturated carbocycles. The summed E-state index contributed by atoms with van der Waals surface area (Å²) in [5, 5.41) is 0. The summed E-state index contributed by atoms with van der Waals surface area (Å²) in [5.74, 6) is 0. The minimum atomic E-state index is 0. The first-order valence-electron chi connectivity index (χ1n) is 3.31. The Morgan fingerprint density at radius 1 is 1.10 bits per heavy atom. The summed E-state index contributed by atoms with van der Waals surface area (Å²) in [5.41, 5.74) is 7.27. The van der Waals surface area contributed by atoms with Gasteiger partial charge in [0.1, 0.15) is 0 Å². The van der Waals surface area contributed by atoms with E-state index in [1.165, 1.54) is 19.3 Å². The van der Waals surface area contributed by atoms with Crippen LogP contribution in [-0.2, 0) is 25.7 Å². The van der Waals surface area contributed by atoms with Gasteiger partial charge in [0.05, 0.1) is 0 Å². The van der Waals surface area contributed by atoms with Crippen molar-refractivity contribution in [2.24, 2.45) is 0 Å². The number of rotatable bonds is 0. The first-order valence-corrected chi connectivity index (χ1v) is 3.31. The maximum Gasteiger partial charge on any atom is 0 e. The molecule has 0 unspecified atom stereocenters. The van der Waals surface area contributed by atoms with Gasteiger partial charge >= 0.3 is 11.3 Å². The molecule has 0 amide bonds. The molecule has 0 bridgehead atoms. The maximum atomic E-state index is 7.50. The van der Waals surface area contributed by atoms with Gasteiger partial charge in [-0.2, -0.15) is 0 Å². The number of hydrogen-bond donors (Lipinski definition) is 0. The second-order valence-corrected chi connectivity index (χ2v) is 2.33. The average Bonchev–Trinajstić information content (AvgIpc) is 1.94. The Morgan fingerprint density at radius 3 is 1.70 bits per heavy atom. The Morgan fingerprint density at radius 2 is 1.50 bits per heavy atom. The molecular formula is C7H12NOW-. The van der Waals surface area contributed by atoms with Crippen LogP contribution in [0, 0.1) is 6.65 Å². The molecule has 0 heterocycles. The zero-order chi connectivity index (χ0) is 7.11. The molecule has 3 heteroatoms. The second-order valence-electron chi connectivity index (χ2n) is 2.33. The Hall–Kier alpha value is 0.388. The van der Waals surface area contributed by atoms with Crippen molar-refractivity contribution in [3.63, 3.8) is 0 Å². The molecule has 1 rings (SSSR count). The Kier molecular flexibility index (Phi) is 12.2. The zero-order valence-corrected chi connectivity index (χ0v) is 8.86. The summed E-state index contributed by atoms with van der Waals surface area (Å²) in [6, 6.07) is 0.286. The standard InChI is InChI=1S/C6H12N.CO.W/c7-6-4-2-1-3-5-6;1-2;/h6-7H,1-5H2;;/q-1;;. The average molecular weight is 310 g/mol. The molecule has 58 valence electrons. The van der Waals surface area contributed by atoms with Crippen molar-refractivity contribution in [3.05, 3.63) is 12.4 Å². The van der Waals surface area contributed by atoms with Gasteiger partial charge < -0.3 is 5.73 Å². The van der Waals surface area contributed by atoms with Crippen LogP contribution in [0.4, 0.5) is 0 Å². The maximum absolute atomic E-state index is 7.50. The summed E-state index contributed by atoms with van der Waals surface area (Å²) in [6.07, 6.45) is 6.28. The second kappa shape index (κ2) is 9.39. The van der Waals surface area contributed by atoms with E-state index >= 15 is 0 Å². The summed E-state index contributed by atoms with van der Waals surface area (Å²) >= 11 is 0. The van der Waals surface area contributed by atoms with Gasteiger partial charge in [-0.3, -0.25) is 0 Å². The molecule has 0 aromatic heterocycles. The molecule has 0 aromatic carbocycles.